The van der Waals surface area contributed by atoms with Crippen LogP contribution in [0.15, 0.2) is 18.2 Å². The molecular formula is C14H21NO. The molecule has 0 amide bonds. The van der Waals surface area contributed by atoms with E-state index in [1.807, 2.05) is 13.8 Å². The van der Waals surface area contributed by atoms with Gasteiger partial charge in [0.05, 0.1) is 5.60 Å². The molecule has 1 N–H and O–H groups in total. The molecule has 88 valence electrons. The fourth-order valence-electron chi connectivity index (χ4n) is 2.64. The molecule has 1 atom stereocenters. The number of aryl methyl sites for hydroxylation is 1. The van der Waals surface area contributed by atoms with Crippen LogP contribution in [0.1, 0.15) is 31.4 Å². The Morgan fingerprint density at radius 3 is 2.69 bits per heavy atom. The van der Waals surface area contributed by atoms with Crippen molar-refractivity contribution in [2.75, 3.05) is 11.9 Å². The van der Waals surface area contributed by atoms with Crippen molar-refractivity contribution in [2.24, 2.45) is 0 Å². The van der Waals surface area contributed by atoms with Gasteiger partial charge in [-0.05, 0) is 50.8 Å². The van der Waals surface area contributed by atoms with Gasteiger partial charge in [0.15, 0.2) is 0 Å². The van der Waals surface area contributed by atoms with Crippen molar-refractivity contribution in [1.29, 1.82) is 0 Å². The Kier molecular flexibility index (Phi) is 2.70. The molecule has 0 bridgehead atoms. The van der Waals surface area contributed by atoms with E-state index in [1.165, 1.54) is 16.8 Å². The second-order valence-electron chi connectivity index (χ2n) is 5.56. The van der Waals surface area contributed by atoms with Gasteiger partial charge in [-0.3, -0.25) is 0 Å². The molecule has 0 aromatic heterocycles. The molecule has 0 fully saturated rings. The largest absolute Gasteiger partial charge is 0.390 e. The van der Waals surface area contributed by atoms with E-state index in [-0.39, 0.29) is 0 Å². The summed E-state index contributed by atoms with van der Waals surface area (Å²) >= 11 is 0. The van der Waals surface area contributed by atoms with Crippen molar-refractivity contribution in [1.82, 2.24) is 0 Å². The quantitative estimate of drug-likeness (QED) is 0.826. The van der Waals surface area contributed by atoms with Gasteiger partial charge in [0.2, 0.25) is 0 Å². The lowest BCUT2D eigenvalue weighted by molar-refractivity contribution is 0.0639. The molecule has 1 unspecified atom stereocenters. The Bertz CT molecular complexity index is 392. The number of nitrogens with zero attached hydrogens (tertiary/aromatic N) is 1. The summed E-state index contributed by atoms with van der Waals surface area (Å²) in [5.74, 6) is 0. The molecule has 0 spiro atoms. The molecule has 2 nitrogen and oxygen atoms in total. The van der Waals surface area contributed by atoms with Crippen molar-refractivity contribution >= 4 is 5.69 Å². The summed E-state index contributed by atoms with van der Waals surface area (Å²) in [6.45, 7) is 5.94. The molecule has 0 radical (unpaired) electrons. The van der Waals surface area contributed by atoms with E-state index in [2.05, 4.69) is 37.1 Å². The number of hydrogen-bond donors (Lipinski definition) is 1. The van der Waals surface area contributed by atoms with Crippen LogP contribution < -0.4 is 4.90 Å². The van der Waals surface area contributed by atoms with Gasteiger partial charge in [-0.1, -0.05) is 12.1 Å². The zero-order chi connectivity index (χ0) is 11.9. The lowest BCUT2D eigenvalue weighted by atomic mass is 9.95. The zero-order valence-electron chi connectivity index (χ0n) is 10.6. The normalized spacial score (nSPS) is 20.1. The van der Waals surface area contributed by atoms with Gasteiger partial charge in [-0.2, -0.15) is 0 Å². The number of hydrogen-bond acceptors (Lipinski definition) is 2. The molecule has 0 aliphatic carbocycles. The molecule has 2 heteroatoms. The van der Waals surface area contributed by atoms with E-state index in [4.69, 9.17) is 0 Å². The lowest BCUT2D eigenvalue weighted by Crippen LogP contribution is -2.35. The third-order valence-corrected chi connectivity index (χ3v) is 3.49. The lowest BCUT2D eigenvalue weighted by Gasteiger charge is -2.28. The van der Waals surface area contributed by atoms with Crippen LogP contribution in [0.3, 0.4) is 0 Å². The molecule has 0 saturated carbocycles. The second-order valence-corrected chi connectivity index (χ2v) is 5.56. The van der Waals surface area contributed by atoms with Crippen molar-refractivity contribution in [3.63, 3.8) is 0 Å². The van der Waals surface area contributed by atoms with E-state index in [0.29, 0.717) is 6.04 Å². The minimum Gasteiger partial charge on any atom is -0.390 e. The summed E-state index contributed by atoms with van der Waals surface area (Å²) < 4.78 is 0. The van der Waals surface area contributed by atoms with Crippen molar-refractivity contribution in [3.05, 3.63) is 29.3 Å². The summed E-state index contributed by atoms with van der Waals surface area (Å²) in [5.41, 5.74) is 3.55. The zero-order valence-corrected chi connectivity index (χ0v) is 10.6. The average Bonchev–Trinajstić information content (AvgIpc) is 2.44. The first kappa shape index (κ1) is 11.5. The van der Waals surface area contributed by atoms with Crippen LogP contribution in [0, 0.1) is 6.92 Å². The Hall–Kier alpha value is -1.02. The minimum atomic E-state index is -0.588. The van der Waals surface area contributed by atoms with E-state index >= 15 is 0 Å². The molecule has 2 rings (SSSR count). The Balaban J connectivity index is 2.24. The predicted octanol–water partition coefficient (Wildman–Crippen LogP) is 2.52. The van der Waals surface area contributed by atoms with Crippen LogP contribution in [0.5, 0.6) is 0 Å². The van der Waals surface area contributed by atoms with Gasteiger partial charge in [0.25, 0.3) is 0 Å². The standard InChI is InChI=1S/C14H21NO/c1-10-6-5-7-13-12(10)8-11(15(13)4)9-14(2,3)16/h5-7,11,16H,8-9H2,1-4H3. The van der Waals surface area contributed by atoms with Crippen LogP contribution in [-0.4, -0.2) is 23.8 Å². The first-order valence-corrected chi connectivity index (χ1v) is 5.92. The van der Waals surface area contributed by atoms with Crippen LogP contribution in [0.2, 0.25) is 0 Å². The SMILES string of the molecule is Cc1cccc2c1CC(CC(C)(C)O)N2C. The summed E-state index contributed by atoms with van der Waals surface area (Å²) in [4.78, 5) is 2.31. The summed E-state index contributed by atoms with van der Waals surface area (Å²) in [5, 5.41) is 9.92. The highest BCUT2D eigenvalue weighted by Gasteiger charge is 2.31. The fraction of sp³-hybridized carbons (Fsp3) is 0.571. The molecule has 1 aliphatic rings. The summed E-state index contributed by atoms with van der Waals surface area (Å²) in [6.07, 6.45) is 1.88. The highest BCUT2D eigenvalue weighted by Crippen LogP contribution is 2.35. The van der Waals surface area contributed by atoms with Crippen molar-refractivity contribution in [3.8, 4) is 0 Å². The van der Waals surface area contributed by atoms with Crippen LogP contribution >= 0.6 is 0 Å². The third-order valence-electron chi connectivity index (χ3n) is 3.49. The van der Waals surface area contributed by atoms with Crippen LogP contribution in [0.25, 0.3) is 0 Å². The highest BCUT2D eigenvalue weighted by molar-refractivity contribution is 5.61. The number of rotatable bonds is 2. The van der Waals surface area contributed by atoms with E-state index in [9.17, 15) is 5.11 Å². The van der Waals surface area contributed by atoms with Gasteiger partial charge in [-0.25, -0.2) is 0 Å². The minimum absolute atomic E-state index is 0.427. The van der Waals surface area contributed by atoms with E-state index in [0.717, 1.165) is 12.8 Å². The molecule has 0 saturated heterocycles. The Morgan fingerprint density at radius 2 is 2.12 bits per heavy atom. The molecule has 1 aromatic rings. The smallest absolute Gasteiger partial charge is 0.0611 e. The first-order valence-electron chi connectivity index (χ1n) is 5.92. The Labute approximate surface area is 97.9 Å². The van der Waals surface area contributed by atoms with Crippen molar-refractivity contribution < 1.29 is 5.11 Å². The number of aliphatic hydroxyl groups is 1. The predicted molar refractivity (Wildman–Crippen MR) is 68.0 cm³/mol. The topological polar surface area (TPSA) is 23.5 Å². The van der Waals surface area contributed by atoms with Crippen LogP contribution in [-0.2, 0) is 6.42 Å². The third kappa shape index (κ3) is 2.07. The average molecular weight is 219 g/mol. The van der Waals surface area contributed by atoms with Gasteiger partial charge >= 0.3 is 0 Å². The maximum absolute atomic E-state index is 9.92. The van der Waals surface area contributed by atoms with E-state index in [1.54, 1.807) is 0 Å². The number of likely N-dealkylation sites (N-methyl/N-ethyl adjacent to an activating group) is 1. The monoisotopic (exact) mass is 219 g/mol. The molecular weight excluding hydrogens is 198 g/mol. The molecule has 1 aromatic carbocycles. The maximum atomic E-state index is 9.92. The number of anilines is 1. The van der Waals surface area contributed by atoms with Gasteiger partial charge < -0.3 is 10.0 Å². The van der Waals surface area contributed by atoms with Crippen molar-refractivity contribution in [2.45, 2.75) is 45.3 Å². The van der Waals surface area contributed by atoms with Gasteiger partial charge in [0, 0.05) is 18.8 Å². The van der Waals surface area contributed by atoms with Gasteiger partial charge in [-0.15, -0.1) is 0 Å². The summed E-state index contributed by atoms with van der Waals surface area (Å²) in [7, 11) is 2.13. The molecule has 1 aliphatic heterocycles. The summed E-state index contributed by atoms with van der Waals surface area (Å²) in [6, 6.07) is 6.87. The maximum Gasteiger partial charge on any atom is 0.0611 e. The highest BCUT2D eigenvalue weighted by atomic mass is 16.3. The number of fused-ring (bicyclic) bond motifs is 1. The molecule has 16 heavy (non-hydrogen) atoms. The Morgan fingerprint density at radius 1 is 1.44 bits per heavy atom. The second kappa shape index (κ2) is 3.77. The fourth-order valence-corrected chi connectivity index (χ4v) is 2.64. The van der Waals surface area contributed by atoms with E-state index < -0.39 is 5.60 Å². The molecule has 1 heterocycles. The van der Waals surface area contributed by atoms with Crippen LogP contribution in [0.4, 0.5) is 5.69 Å². The first-order chi connectivity index (χ1) is 7.38. The number of benzene rings is 1. The van der Waals surface area contributed by atoms with Gasteiger partial charge in [0.1, 0.15) is 0 Å².